The lowest BCUT2D eigenvalue weighted by molar-refractivity contribution is -0.121. The van der Waals surface area contributed by atoms with Gasteiger partial charge in [-0.3, -0.25) is 14.7 Å². The van der Waals surface area contributed by atoms with E-state index in [0.717, 1.165) is 12.8 Å². The number of amides is 2. The van der Waals surface area contributed by atoms with E-state index in [2.05, 4.69) is 15.5 Å². The van der Waals surface area contributed by atoms with Crippen molar-refractivity contribution in [3.8, 4) is 0 Å². The van der Waals surface area contributed by atoms with Gasteiger partial charge in [0.2, 0.25) is 5.91 Å². The van der Waals surface area contributed by atoms with Crippen LogP contribution >= 0.6 is 0 Å². The van der Waals surface area contributed by atoms with E-state index in [1.54, 1.807) is 7.05 Å². The molecule has 2 rings (SSSR count). The second kappa shape index (κ2) is 4.44. The average Bonchev–Trinajstić information content (AvgIpc) is 2.97. The molecule has 1 aliphatic carbocycles. The highest BCUT2D eigenvalue weighted by Crippen LogP contribution is 2.18. The zero-order valence-electron chi connectivity index (χ0n) is 9.56. The quantitative estimate of drug-likeness (QED) is 0.646. The summed E-state index contributed by atoms with van der Waals surface area (Å²) in [5.74, 6) is -0.253. The van der Waals surface area contributed by atoms with E-state index in [0.29, 0.717) is 6.04 Å². The van der Waals surface area contributed by atoms with Gasteiger partial charge in [-0.25, -0.2) is 0 Å². The number of carbonyl (C=O) groups excluding carboxylic acids is 2. The Balaban J connectivity index is 1.90. The molecular weight excluding hydrogens is 222 g/mol. The number of nitrogen functional groups attached to an aromatic ring is 1. The summed E-state index contributed by atoms with van der Waals surface area (Å²) in [6, 6.07) is 0.296. The van der Waals surface area contributed by atoms with Crippen LogP contribution in [0.2, 0.25) is 0 Å². The van der Waals surface area contributed by atoms with Gasteiger partial charge in [-0.15, -0.1) is 0 Å². The van der Waals surface area contributed by atoms with Gasteiger partial charge >= 0.3 is 0 Å². The second-order valence-electron chi connectivity index (χ2n) is 4.20. The fourth-order valence-corrected chi connectivity index (χ4v) is 1.46. The Labute approximate surface area is 98.4 Å². The predicted molar refractivity (Wildman–Crippen MR) is 61.1 cm³/mol. The molecule has 2 amide bonds. The first-order chi connectivity index (χ1) is 8.08. The van der Waals surface area contributed by atoms with Gasteiger partial charge in [-0.05, 0) is 12.8 Å². The Hall–Kier alpha value is -2.05. The van der Waals surface area contributed by atoms with Crippen molar-refractivity contribution in [1.82, 2.24) is 20.4 Å². The summed E-state index contributed by atoms with van der Waals surface area (Å²) in [5, 5.41) is 8.96. The molecule has 1 fully saturated rings. The molecule has 0 atom stereocenters. The van der Waals surface area contributed by atoms with Crippen molar-refractivity contribution in [2.45, 2.75) is 18.9 Å². The van der Waals surface area contributed by atoms with Gasteiger partial charge in [0.15, 0.2) is 0 Å². The minimum atomic E-state index is -0.317. The number of H-pyrrole nitrogens is 1. The molecule has 0 aromatic carbocycles. The van der Waals surface area contributed by atoms with Crippen molar-refractivity contribution in [1.29, 1.82) is 0 Å². The lowest BCUT2D eigenvalue weighted by Crippen LogP contribution is -2.39. The van der Waals surface area contributed by atoms with Crippen molar-refractivity contribution in [2.24, 2.45) is 0 Å². The molecule has 0 radical (unpaired) electrons. The minimum Gasteiger partial charge on any atom is -0.383 e. The van der Waals surface area contributed by atoms with Crippen molar-refractivity contribution in [2.75, 3.05) is 19.3 Å². The van der Waals surface area contributed by atoms with E-state index in [4.69, 9.17) is 5.73 Å². The molecule has 0 spiro atoms. The summed E-state index contributed by atoms with van der Waals surface area (Å²) < 4.78 is 0. The number of rotatable bonds is 4. The van der Waals surface area contributed by atoms with Crippen molar-refractivity contribution < 1.29 is 9.59 Å². The van der Waals surface area contributed by atoms with Gasteiger partial charge in [0, 0.05) is 13.1 Å². The lowest BCUT2D eigenvalue weighted by atomic mass is 10.3. The molecular formula is C10H15N5O2. The van der Waals surface area contributed by atoms with E-state index >= 15 is 0 Å². The molecule has 92 valence electrons. The number of nitrogens with two attached hydrogens (primary N) is 1. The predicted octanol–water partition coefficient (Wildman–Crippen LogP) is -0.657. The van der Waals surface area contributed by atoms with Crippen LogP contribution in [0.25, 0.3) is 0 Å². The molecule has 1 aromatic rings. The van der Waals surface area contributed by atoms with E-state index in [1.807, 2.05) is 0 Å². The largest absolute Gasteiger partial charge is 0.383 e. The molecule has 1 aliphatic rings. The van der Waals surface area contributed by atoms with E-state index in [9.17, 15) is 9.59 Å². The van der Waals surface area contributed by atoms with Crippen LogP contribution in [-0.4, -0.2) is 46.5 Å². The van der Waals surface area contributed by atoms with Crippen molar-refractivity contribution >= 4 is 17.6 Å². The fourth-order valence-electron chi connectivity index (χ4n) is 1.46. The summed E-state index contributed by atoms with van der Waals surface area (Å²) in [7, 11) is 1.56. The van der Waals surface area contributed by atoms with E-state index in [1.165, 1.54) is 11.1 Å². The SMILES string of the molecule is CN(CC(=O)NC1CC1)C(=O)c1cn[nH]c1N. The molecule has 0 saturated heterocycles. The molecule has 0 aliphatic heterocycles. The first-order valence-corrected chi connectivity index (χ1v) is 5.41. The third kappa shape index (κ3) is 2.74. The highest BCUT2D eigenvalue weighted by atomic mass is 16.2. The van der Waals surface area contributed by atoms with Crippen molar-refractivity contribution in [3.05, 3.63) is 11.8 Å². The van der Waals surface area contributed by atoms with Gasteiger partial charge in [0.05, 0.1) is 12.7 Å². The van der Waals surface area contributed by atoms with E-state index < -0.39 is 0 Å². The van der Waals surface area contributed by atoms with Gasteiger partial charge in [-0.1, -0.05) is 0 Å². The number of aromatic amines is 1. The monoisotopic (exact) mass is 237 g/mol. The number of nitrogens with zero attached hydrogens (tertiary/aromatic N) is 2. The van der Waals surface area contributed by atoms with Crippen LogP contribution in [0.1, 0.15) is 23.2 Å². The third-order valence-corrected chi connectivity index (χ3v) is 2.57. The summed E-state index contributed by atoms with van der Waals surface area (Å²) in [6.45, 7) is 0.0277. The smallest absolute Gasteiger partial charge is 0.259 e. The number of carbonyl (C=O) groups is 2. The molecule has 4 N–H and O–H groups in total. The summed E-state index contributed by atoms with van der Waals surface area (Å²) in [6.07, 6.45) is 3.41. The summed E-state index contributed by atoms with van der Waals surface area (Å²) >= 11 is 0. The molecule has 7 heteroatoms. The van der Waals surface area contributed by atoms with E-state index in [-0.39, 0.29) is 29.7 Å². The summed E-state index contributed by atoms with van der Waals surface area (Å²) in [4.78, 5) is 24.7. The van der Waals surface area contributed by atoms with Gasteiger partial charge in [0.25, 0.3) is 5.91 Å². The maximum Gasteiger partial charge on any atom is 0.259 e. The average molecular weight is 237 g/mol. The Morgan fingerprint density at radius 1 is 1.65 bits per heavy atom. The zero-order chi connectivity index (χ0) is 12.4. The number of nitrogens with one attached hydrogen (secondary N) is 2. The maximum absolute atomic E-state index is 11.9. The lowest BCUT2D eigenvalue weighted by Gasteiger charge is -2.16. The first-order valence-electron chi connectivity index (χ1n) is 5.41. The fraction of sp³-hybridized carbons (Fsp3) is 0.500. The Kier molecular flexibility index (Phi) is 2.99. The highest BCUT2D eigenvalue weighted by Gasteiger charge is 2.25. The molecule has 1 aromatic heterocycles. The number of hydrogen-bond acceptors (Lipinski definition) is 4. The number of anilines is 1. The van der Waals surface area contributed by atoms with Gasteiger partial charge in [-0.2, -0.15) is 5.10 Å². The Morgan fingerprint density at radius 2 is 2.35 bits per heavy atom. The molecule has 0 bridgehead atoms. The first kappa shape index (κ1) is 11.4. The van der Waals surface area contributed by atoms with Crippen LogP contribution in [0.5, 0.6) is 0 Å². The number of likely N-dealkylation sites (N-methyl/N-ethyl adjacent to an activating group) is 1. The molecule has 1 saturated carbocycles. The Bertz CT molecular complexity index is 438. The van der Waals surface area contributed by atoms with Crippen LogP contribution in [0.15, 0.2) is 6.20 Å². The molecule has 17 heavy (non-hydrogen) atoms. The number of aromatic nitrogens is 2. The second-order valence-corrected chi connectivity index (χ2v) is 4.20. The maximum atomic E-state index is 11.9. The standard InChI is InChI=1S/C10H15N5O2/c1-15(5-8(16)13-6-2-3-6)10(17)7-4-12-14-9(7)11/h4,6H,2-3,5H2,1H3,(H,13,16)(H3,11,12,14). The molecule has 0 unspecified atom stereocenters. The van der Waals surface area contributed by atoms with Crippen LogP contribution in [-0.2, 0) is 4.79 Å². The minimum absolute atomic E-state index is 0.0277. The highest BCUT2D eigenvalue weighted by molar-refractivity contribution is 5.99. The van der Waals surface area contributed by atoms with Crippen LogP contribution in [0.4, 0.5) is 5.82 Å². The molecule has 7 nitrogen and oxygen atoms in total. The topological polar surface area (TPSA) is 104 Å². The zero-order valence-corrected chi connectivity index (χ0v) is 9.56. The van der Waals surface area contributed by atoms with Gasteiger partial charge in [0.1, 0.15) is 11.4 Å². The van der Waals surface area contributed by atoms with Crippen LogP contribution < -0.4 is 11.1 Å². The van der Waals surface area contributed by atoms with Crippen LogP contribution in [0, 0.1) is 0 Å². The normalized spacial score (nSPS) is 14.4. The van der Waals surface area contributed by atoms with Crippen LogP contribution in [0.3, 0.4) is 0 Å². The number of hydrogen-bond donors (Lipinski definition) is 3. The summed E-state index contributed by atoms with van der Waals surface area (Å²) in [5.41, 5.74) is 5.82. The molecule has 1 heterocycles. The van der Waals surface area contributed by atoms with Crippen molar-refractivity contribution in [3.63, 3.8) is 0 Å². The third-order valence-electron chi connectivity index (χ3n) is 2.57. The Morgan fingerprint density at radius 3 is 2.88 bits per heavy atom. The van der Waals surface area contributed by atoms with Gasteiger partial charge < -0.3 is 16.0 Å².